The van der Waals surface area contributed by atoms with Gasteiger partial charge in [-0.05, 0) is 43.4 Å². The van der Waals surface area contributed by atoms with E-state index in [1.54, 1.807) is 0 Å². The van der Waals surface area contributed by atoms with E-state index in [1.165, 1.54) is 37.2 Å². The lowest BCUT2D eigenvalue weighted by atomic mass is 10.1. The van der Waals surface area contributed by atoms with E-state index in [0.717, 1.165) is 32.5 Å². The maximum absolute atomic E-state index is 9.51. The number of anilines is 1. The molecule has 0 aromatic heterocycles. The van der Waals surface area contributed by atoms with Crippen LogP contribution < -0.4 is 4.90 Å². The topological polar surface area (TPSA) is 26.7 Å². The molecule has 2 heterocycles. The van der Waals surface area contributed by atoms with Gasteiger partial charge in [-0.1, -0.05) is 12.1 Å². The van der Waals surface area contributed by atoms with Crippen LogP contribution in [-0.4, -0.2) is 48.8 Å². The molecule has 2 fully saturated rings. The van der Waals surface area contributed by atoms with Crippen molar-refractivity contribution in [2.45, 2.75) is 31.8 Å². The Bertz CT molecular complexity index is 398. The lowest BCUT2D eigenvalue weighted by Crippen LogP contribution is -2.24. The molecule has 0 aliphatic carbocycles. The minimum atomic E-state index is -0.0995. The number of likely N-dealkylation sites (tertiary alicyclic amines) is 1. The number of aliphatic hydroxyl groups is 1. The zero-order valence-corrected chi connectivity index (χ0v) is 11.6. The van der Waals surface area contributed by atoms with E-state index < -0.39 is 0 Å². The molecule has 3 rings (SSSR count). The molecule has 0 saturated carbocycles. The van der Waals surface area contributed by atoms with Crippen molar-refractivity contribution in [3.8, 4) is 0 Å². The van der Waals surface area contributed by atoms with Crippen LogP contribution in [0.5, 0.6) is 0 Å². The zero-order chi connectivity index (χ0) is 13.1. The number of rotatable bonds is 4. The fourth-order valence-corrected chi connectivity index (χ4v) is 3.15. The van der Waals surface area contributed by atoms with Gasteiger partial charge < -0.3 is 14.9 Å². The molecule has 0 amide bonds. The van der Waals surface area contributed by atoms with Crippen LogP contribution in [0, 0.1) is 0 Å². The first-order chi connectivity index (χ1) is 9.31. The molecular formula is C16H24N2O. The molecule has 0 radical (unpaired) electrons. The summed E-state index contributed by atoms with van der Waals surface area (Å²) in [6, 6.07) is 9.05. The van der Waals surface area contributed by atoms with Crippen molar-refractivity contribution in [2.24, 2.45) is 0 Å². The minimum absolute atomic E-state index is 0.0995. The monoisotopic (exact) mass is 260 g/mol. The second-order valence-electron chi connectivity index (χ2n) is 5.85. The van der Waals surface area contributed by atoms with Crippen LogP contribution in [0.25, 0.3) is 0 Å². The summed E-state index contributed by atoms with van der Waals surface area (Å²) in [4.78, 5) is 4.83. The Labute approximate surface area is 115 Å². The summed E-state index contributed by atoms with van der Waals surface area (Å²) in [5.41, 5.74) is 2.78. The number of benzene rings is 1. The van der Waals surface area contributed by atoms with Gasteiger partial charge in [0.25, 0.3) is 0 Å². The van der Waals surface area contributed by atoms with E-state index in [-0.39, 0.29) is 6.10 Å². The van der Waals surface area contributed by atoms with Gasteiger partial charge in [-0.2, -0.15) is 0 Å². The van der Waals surface area contributed by atoms with E-state index in [9.17, 15) is 5.11 Å². The molecule has 3 nitrogen and oxygen atoms in total. The van der Waals surface area contributed by atoms with E-state index >= 15 is 0 Å². The van der Waals surface area contributed by atoms with Crippen molar-refractivity contribution < 1.29 is 5.11 Å². The molecule has 104 valence electrons. The molecule has 2 saturated heterocycles. The average Bonchev–Trinajstić information content (AvgIpc) is 3.08. The minimum Gasteiger partial charge on any atom is -0.392 e. The van der Waals surface area contributed by atoms with Crippen LogP contribution >= 0.6 is 0 Å². The Morgan fingerprint density at radius 1 is 1.05 bits per heavy atom. The summed E-state index contributed by atoms with van der Waals surface area (Å²) in [6.07, 6.45) is 4.59. The van der Waals surface area contributed by atoms with Gasteiger partial charge in [-0.15, -0.1) is 0 Å². The molecule has 1 N–H and O–H groups in total. The molecule has 0 unspecified atom stereocenters. The molecule has 1 aromatic rings. The van der Waals surface area contributed by atoms with Crippen molar-refractivity contribution in [1.82, 2.24) is 4.90 Å². The van der Waals surface area contributed by atoms with Crippen molar-refractivity contribution in [2.75, 3.05) is 37.6 Å². The number of hydrogen-bond acceptors (Lipinski definition) is 3. The first kappa shape index (κ1) is 12.9. The van der Waals surface area contributed by atoms with Crippen molar-refractivity contribution in [3.63, 3.8) is 0 Å². The van der Waals surface area contributed by atoms with Crippen molar-refractivity contribution in [3.05, 3.63) is 29.8 Å². The van der Waals surface area contributed by atoms with E-state index in [1.807, 2.05) is 0 Å². The zero-order valence-electron chi connectivity index (χ0n) is 11.6. The quantitative estimate of drug-likeness (QED) is 0.895. The van der Waals surface area contributed by atoms with Gasteiger partial charge in [0.15, 0.2) is 0 Å². The fraction of sp³-hybridized carbons (Fsp3) is 0.625. The molecule has 0 spiro atoms. The highest BCUT2D eigenvalue weighted by atomic mass is 16.3. The summed E-state index contributed by atoms with van der Waals surface area (Å²) >= 11 is 0. The number of hydrogen-bond donors (Lipinski definition) is 1. The first-order valence-electron chi connectivity index (χ1n) is 7.55. The summed E-state index contributed by atoms with van der Waals surface area (Å²) in [6.45, 7) is 5.40. The predicted molar refractivity (Wildman–Crippen MR) is 78.7 cm³/mol. The highest BCUT2D eigenvalue weighted by molar-refractivity contribution is 5.48. The third-order valence-electron chi connectivity index (χ3n) is 4.37. The maximum atomic E-state index is 9.51. The van der Waals surface area contributed by atoms with E-state index in [4.69, 9.17) is 0 Å². The van der Waals surface area contributed by atoms with Crippen LogP contribution in [0.1, 0.15) is 24.8 Å². The Morgan fingerprint density at radius 3 is 2.42 bits per heavy atom. The Kier molecular flexibility index (Phi) is 4.04. The normalized spacial score (nSPS) is 24.3. The third kappa shape index (κ3) is 3.28. The third-order valence-corrected chi connectivity index (χ3v) is 4.37. The molecule has 0 bridgehead atoms. The Hall–Kier alpha value is -1.06. The summed E-state index contributed by atoms with van der Waals surface area (Å²) in [5.74, 6) is 0. The van der Waals surface area contributed by atoms with Gasteiger partial charge >= 0.3 is 0 Å². The van der Waals surface area contributed by atoms with Crippen LogP contribution in [-0.2, 0) is 6.42 Å². The predicted octanol–water partition coefficient (Wildman–Crippen LogP) is 1.90. The largest absolute Gasteiger partial charge is 0.392 e. The van der Waals surface area contributed by atoms with Gasteiger partial charge in [0, 0.05) is 38.4 Å². The molecule has 1 aromatic carbocycles. The lowest BCUT2D eigenvalue weighted by molar-refractivity contribution is 0.177. The molecule has 3 heteroatoms. The van der Waals surface area contributed by atoms with Crippen LogP contribution in [0.2, 0.25) is 0 Å². The van der Waals surface area contributed by atoms with Crippen LogP contribution in [0.4, 0.5) is 5.69 Å². The lowest BCUT2D eigenvalue weighted by Gasteiger charge is -2.18. The molecule has 1 atom stereocenters. The van der Waals surface area contributed by atoms with Crippen molar-refractivity contribution >= 4 is 5.69 Å². The van der Waals surface area contributed by atoms with E-state index in [0.29, 0.717) is 0 Å². The summed E-state index contributed by atoms with van der Waals surface area (Å²) in [5, 5.41) is 9.51. The Balaban J connectivity index is 1.51. The highest BCUT2D eigenvalue weighted by Crippen LogP contribution is 2.20. The summed E-state index contributed by atoms with van der Waals surface area (Å²) < 4.78 is 0. The molecule has 2 aliphatic rings. The first-order valence-corrected chi connectivity index (χ1v) is 7.55. The smallest absolute Gasteiger partial charge is 0.0679 e. The number of β-amino-alcohol motifs (C(OH)–C–C–N with tert-alkyl or cyclic N) is 1. The van der Waals surface area contributed by atoms with Crippen LogP contribution in [0.3, 0.4) is 0 Å². The fourth-order valence-electron chi connectivity index (χ4n) is 3.15. The second kappa shape index (κ2) is 5.93. The average molecular weight is 260 g/mol. The Morgan fingerprint density at radius 2 is 1.79 bits per heavy atom. The number of nitrogens with zero attached hydrogens (tertiary/aromatic N) is 2. The van der Waals surface area contributed by atoms with Gasteiger partial charge in [0.05, 0.1) is 6.10 Å². The van der Waals surface area contributed by atoms with Gasteiger partial charge in [-0.25, -0.2) is 0 Å². The molecule has 19 heavy (non-hydrogen) atoms. The number of aliphatic hydroxyl groups excluding tert-OH is 1. The maximum Gasteiger partial charge on any atom is 0.0679 e. The van der Waals surface area contributed by atoms with Gasteiger partial charge in [0.1, 0.15) is 0 Å². The van der Waals surface area contributed by atoms with Crippen molar-refractivity contribution in [1.29, 1.82) is 0 Å². The highest BCUT2D eigenvalue weighted by Gasteiger charge is 2.19. The van der Waals surface area contributed by atoms with E-state index in [2.05, 4.69) is 34.1 Å². The molecule has 2 aliphatic heterocycles. The van der Waals surface area contributed by atoms with Gasteiger partial charge in [-0.3, -0.25) is 0 Å². The molecular weight excluding hydrogens is 236 g/mol. The standard InChI is InChI=1S/C16H24N2O/c19-16-8-12-17(13-16)11-7-14-3-5-15(6-4-14)18-9-1-2-10-18/h3-6,16,19H,1-2,7-13H2/t16-/m0/s1. The van der Waals surface area contributed by atoms with Gasteiger partial charge in [0.2, 0.25) is 0 Å². The SMILES string of the molecule is O[C@H]1CCN(CCc2ccc(N3CCCC3)cc2)C1. The summed E-state index contributed by atoms with van der Waals surface area (Å²) in [7, 11) is 0. The second-order valence-corrected chi connectivity index (χ2v) is 5.85. The van der Waals surface area contributed by atoms with Crippen LogP contribution in [0.15, 0.2) is 24.3 Å².